The molecule has 1 aliphatic heterocycles. The summed E-state index contributed by atoms with van der Waals surface area (Å²) in [6.45, 7) is 3.22. The number of aromatic nitrogens is 4. The molecule has 0 fully saturated rings. The highest BCUT2D eigenvalue weighted by atomic mass is 15.6. The van der Waals surface area contributed by atoms with E-state index >= 15 is 0 Å². The van der Waals surface area contributed by atoms with Crippen molar-refractivity contribution in [3.05, 3.63) is 5.82 Å². The molecule has 0 saturated heterocycles. The summed E-state index contributed by atoms with van der Waals surface area (Å²) >= 11 is 0. The molecule has 0 amide bonds. The summed E-state index contributed by atoms with van der Waals surface area (Å²) in [5, 5.41) is 8.40. The van der Waals surface area contributed by atoms with Gasteiger partial charge in [-0.25, -0.2) is 0 Å². The van der Waals surface area contributed by atoms with Crippen molar-refractivity contribution in [2.24, 2.45) is 7.05 Å². The van der Waals surface area contributed by atoms with Crippen LogP contribution >= 0.6 is 0 Å². The van der Waals surface area contributed by atoms with Crippen LogP contribution in [0.25, 0.3) is 0 Å². The van der Waals surface area contributed by atoms with Gasteiger partial charge in [-0.2, -0.15) is 0 Å². The first kappa shape index (κ1) is 5.82. The number of nitrogens with zero attached hydrogens (tertiary/aromatic N) is 4. The fraction of sp³-hybridized carbons (Fsp3) is 0.833. The monoisotopic (exact) mass is 139 g/mol. The Morgan fingerprint density at radius 3 is 3.20 bits per heavy atom. The molecule has 2 rings (SSSR count). The highest BCUT2D eigenvalue weighted by Crippen LogP contribution is 2.17. The van der Waals surface area contributed by atoms with E-state index in [1.807, 2.05) is 11.7 Å². The average molecular weight is 139 g/mol. The number of aryl methyl sites for hydroxylation is 2. The molecule has 10 heavy (non-hydrogen) atoms. The van der Waals surface area contributed by atoms with E-state index in [2.05, 4.69) is 17.2 Å². The fourth-order valence-electron chi connectivity index (χ4n) is 1.38. The van der Waals surface area contributed by atoms with Gasteiger partial charge >= 0.3 is 5.82 Å². The van der Waals surface area contributed by atoms with Crippen molar-refractivity contribution < 1.29 is 4.68 Å². The van der Waals surface area contributed by atoms with Crippen molar-refractivity contribution >= 4 is 0 Å². The van der Waals surface area contributed by atoms with Crippen LogP contribution in [-0.2, 0) is 13.6 Å². The second-order valence-electron chi connectivity index (χ2n) is 2.85. The van der Waals surface area contributed by atoms with Crippen LogP contribution in [0.1, 0.15) is 25.1 Å². The van der Waals surface area contributed by atoms with Gasteiger partial charge in [-0.15, -0.1) is 4.68 Å². The van der Waals surface area contributed by atoms with Crippen molar-refractivity contribution in [3.8, 4) is 0 Å². The SMILES string of the molecule is CC1CC[n+]2nn(C)nc21. The Labute approximate surface area is 59.4 Å². The quantitative estimate of drug-likeness (QED) is 0.459. The van der Waals surface area contributed by atoms with Crippen molar-refractivity contribution in [2.45, 2.75) is 25.8 Å². The van der Waals surface area contributed by atoms with Gasteiger partial charge in [0.2, 0.25) is 0 Å². The standard InChI is InChI=1S/C6H11N4/c1-5-3-4-10-6(5)7-9(2)8-10/h5H,3-4H2,1-2H3/q+1. The molecule has 0 N–H and O–H groups in total. The molecule has 0 radical (unpaired) electrons. The molecule has 2 heterocycles. The molecule has 4 nitrogen and oxygen atoms in total. The number of hydrogen-bond acceptors (Lipinski definition) is 2. The highest BCUT2D eigenvalue weighted by molar-refractivity contribution is 4.84. The average Bonchev–Trinajstić information content (AvgIpc) is 2.35. The summed E-state index contributed by atoms with van der Waals surface area (Å²) in [6, 6.07) is 0. The van der Waals surface area contributed by atoms with Crippen molar-refractivity contribution in [1.29, 1.82) is 0 Å². The molecular formula is C6H11N4+. The van der Waals surface area contributed by atoms with Crippen LogP contribution in [-0.4, -0.2) is 15.1 Å². The number of tetrazole rings is 1. The smallest absolute Gasteiger partial charge is 0.137 e. The Morgan fingerprint density at radius 1 is 1.70 bits per heavy atom. The molecule has 1 atom stereocenters. The Morgan fingerprint density at radius 2 is 2.50 bits per heavy atom. The van der Waals surface area contributed by atoms with Crippen LogP contribution in [0.3, 0.4) is 0 Å². The van der Waals surface area contributed by atoms with Crippen LogP contribution < -0.4 is 4.68 Å². The van der Waals surface area contributed by atoms with Crippen LogP contribution in [0.4, 0.5) is 0 Å². The molecule has 0 aliphatic carbocycles. The van der Waals surface area contributed by atoms with Gasteiger partial charge in [-0.1, -0.05) is 6.92 Å². The van der Waals surface area contributed by atoms with E-state index in [0.717, 1.165) is 12.4 Å². The predicted molar refractivity (Wildman–Crippen MR) is 34.2 cm³/mol. The van der Waals surface area contributed by atoms with Crippen molar-refractivity contribution in [1.82, 2.24) is 15.1 Å². The summed E-state index contributed by atoms with van der Waals surface area (Å²) in [4.78, 5) is 1.63. The van der Waals surface area contributed by atoms with Crippen molar-refractivity contribution in [2.75, 3.05) is 0 Å². The lowest BCUT2D eigenvalue weighted by atomic mass is 10.1. The van der Waals surface area contributed by atoms with Crippen molar-refractivity contribution in [3.63, 3.8) is 0 Å². The molecule has 4 heteroatoms. The minimum absolute atomic E-state index is 0.591. The summed E-state index contributed by atoms with van der Waals surface area (Å²) in [5.41, 5.74) is 0. The van der Waals surface area contributed by atoms with Gasteiger partial charge in [0.15, 0.2) is 0 Å². The first-order chi connectivity index (χ1) is 4.77. The predicted octanol–water partition coefficient (Wildman–Crippen LogP) is -0.390. The molecule has 1 aromatic rings. The third-order valence-corrected chi connectivity index (χ3v) is 1.96. The van der Waals surface area contributed by atoms with E-state index in [4.69, 9.17) is 0 Å². The topological polar surface area (TPSA) is 34.6 Å². The maximum absolute atomic E-state index is 4.24. The maximum atomic E-state index is 4.24. The van der Waals surface area contributed by atoms with Crippen LogP contribution in [0.5, 0.6) is 0 Å². The molecule has 0 saturated carbocycles. The van der Waals surface area contributed by atoms with Crippen LogP contribution in [0, 0.1) is 0 Å². The fourth-order valence-corrected chi connectivity index (χ4v) is 1.38. The largest absolute Gasteiger partial charge is 0.301 e. The Balaban J connectivity index is 2.49. The minimum Gasteiger partial charge on any atom is -0.137 e. The maximum Gasteiger partial charge on any atom is 0.301 e. The number of fused-ring (bicyclic) bond motifs is 1. The van der Waals surface area contributed by atoms with Gasteiger partial charge in [0, 0.05) is 0 Å². The zero-order valence-corrected chi connectivity index (χ0v) is 6.28. The lowest BCUT2D eigenvalue weighted by Gasteiger charge is -1.86. The third-order valence-electron chi connectivity index (χ3n) is 1.96. The summed E-state index contributed by atoms with van der Waals surface area (Å²) in [7, 11) is 1.86. The number of hydrogen-bond donors (Lipinski definition) is 0. The van der Waals surface area contributed by atoms with Gasteiger partial charge in [-0.05, 0) is 11.2 Å². The van der Waals surface area contributed by atoms with Gasteiger partial charge in [0.1, 0.15) is 7.05 Å². The van der Waals surface area contributed by atoms with Gasteiger partial charge in [-0.3, -0.25) is 0 Å². The Hall–Kier alpha value is -0.930. The number of rotatable bonds is 0. The molecule has 0 bridgehead atoms. The zero-order valence-electron chi connectivity index (χ0n) is 6.28. The van der Waals surface area contributed by atoms with Crippen LogP contribution in [0.2, 0.25) is 0 Å². The normalized spacial score (nSPS) is 23.2. The van der Waals surface area contributed by atoms with Gasteiger partial charge in [0.05, 0.1) is 22.8 Å². The molecule has 1 aliphatic rings. The summed E-state index contributed by atoms with van der Waals surface area (Å²) < 4.78 is 1.98. The second-order valence-corrected chi connectivity index (χ2v) is 2.85. The molecule has 0 spiro atoms. The first-order valence-corrected chi connectivity index (χ1v) is 3.58. The lowest BCUT2D eigenvalue weighted by Crippen LogP contribution is -2.35. The Kier molecular flexibility index (Phi) is 1.03. The van der Waals surface area contributed by atoms with E-state index in [9.17, 15) is 0 Å². The highest BCUT2D eigenvalue weighted by Gasteiger charge is 2.29. The summed E-state index contributed by atoms with van der Waals surface area (Å²) in [5.74, 6) is 1.72. The van der Waals surface area contributed by atoms with E-state index in [-0.39, 0.29) is 0 Å². The molecule has 0 aromatic carbocycles. The van der Waals surface area contributed by atoms with Gasteiger partial charge < -0.3 is 0 Å². The van der Waals surface area contributed by atoms with Crippen LogP contribution in [0.15, 0.2) is 0 Å². The minimum atomic E-state index is 0.591. The first-order valence-electron chi connectivity index (χ1n) is 3.58. The molecular weight excluding hydrogens is 128 g/mol. The van der Waals surface area contributed by atoms with E-state index in [0.29, 0.717) is 5.92 Å². The van der Waals surface area contributed by atoms with E-state index in [1.165, 1.54) is 6.42 Å². The summed E-state index contributed by atoms with van der Waals surface area (Å²) in [6.07, 6.45) is 1.19. The van der Waals surface area contributed by atoms with Gasteiger partial charge in [0.25, 0.3) is 0 Å². The second kappa shape index (κ2) is 1.78. The molecule has 1 aromatic heterocycles. The molecule has 54 valence electrons. The van der Waals surface area contributed by atoms with E-state index in [1.54, 1.807) is 4.80 Å². The lowest BCUT2D eigenvalue weighted by molar-refractivity contribution is -0.750. The Bertz CT molecular complexity index is 252. The zero-order chi connectivity index (χ0) is 7.14. The molecule has 1 unspecified atom stereocenters. The third kappa shape index (κ3) is 0.647. The van der Waals surface area contributed by atoms with E-state index < -0.39 is 0 Å².